The Morgan fingerprint density at radius 2 is 1.80 bits per heavy atom. The van der Waals surface area contributed by atoms with Gasteiger partial charge in [-0.15, -0.1) is 0 Å². The van der Waals surface area contributed by atoms with Gasteiger partial charge in [0.1, 0.15) is 0 Å². The number of hydrazine groups is 1. The van der Waals surface area contributed by atoms with E-state index in [0.29, 0.717) is 18.1 Å². The summed E-state index contributed by atoms with van der Waals surface area (Å²) in [6.45, 7) is 0.477. The molecule has 0 aliphatic rings. The number of nitrogens with one attached hydrogen (secondary N) is 2. The van der Waals surface area contributed by atoms with E-state index in [4.69, 9.17) is 11.1 Å². The molecule has 0 saturated carbocycles. The van der Waals surface area contributed by atoms with Gasteiger partial charge in [0.25, 0.3) is 0 Å². The SMILES string of the molecule is N#Cc1ccc(CN=C(NN)Nc2ccccc2)cc1. The lowest BCUT2D eigenvalue weighted by atomic mass is 10.1. The molecule has 5 heteroatoms. The Morgan fingerprint density at radius 3 is 2.40 bits per heavy atom. The van der Waals surface area contributed by atoms with E-state index in [9.17, 15) is 0 Å². The third-order valence-electron chi connectivity index (χ3n) is 2.68. The van der Waals surface area contributed by atoms with Gasteiger partial charge in [0, 0.05) is 5.69 Å². The first-order valence-electron chi connectivity index (χ1n) is 6.14. The largest absolute Gasteiger partial charge is 0.325 e. The fraction of sp³-hybridized carbons (Fsp3) is 0.0667. The molecule has 0 amide bonds. The van der Waals surface area contributed by atoms with Crippen LogP contribution in [0.25, 0.3) is 0 Å². The van der Waals surface area contributed by atoms with E-state index >= 15 is 0 Å². The molecule has 0 unspecified atom stereocenters. The number of anilines is 1. The van der Waals surface area contributed by atoms with Crippen molar-refractivity contribution in [3.63, 3.8) is 0 Å². The van der Waals surface area contributed by atoms with Crippen LogP contribution in [0.4, 0.5) is 5.69 Å². The van der Waals surface area contributed by atoms with E-state index < -0.39 is 0 Å². The predicted octanol–water partition coefficient (Wildman–Crippen LogP) is 1.99. The third kappa shape index (κ3) is 3.83. The Balaban J connectivity index is 2.02. The number of nitrogens with zero attached hydrogens (tertiary/aromatic N) is 2. The molecule has 4 N–H and O–H groups in total. The summed E-state index contributed by atoms with van der Waals surface area (Å²) in [7, 11) is 0. The number of hydrogen-bond acceptors (Lipinski definition) is 3. The molecule has 2 rings (SSSR count). The molecule has 0 aliphatic carbocycles. The van der Waals surface area contributed by atoms with Crippen molar-refractivity contribution < 1.29 is 0 Å². The summed E-state index contributed by atoms with van der Waals surface area (Å²) in [5, 5.41) is 11.8. The Labute approximate surface area is 117 Å². The summed E-state index contributed by atoms with van der Waals surface area (Å²) in [5.41, 5.74) is 5.08. The molecule has 0 aromatic heterocycles. The van der Waals surface area contributed by atoms with Crippen LogP contribution in [-0.2, 0) is 6.54 Å². The van der Waals surface area contributed by atoms with Crippen LogP contribution in [0.1, 0.15) is 11.1 Å². The minimum absolute atomic E-state index is 0.477. The zero-order chi connectivity index (χ0) is 14.2. The number of guanidine groups is 1. The number of para-hydroxylation sites is 1. The minimum Gasteiger partial charge on any atom is -0.325 e. The number of nitrogens with two attached hydrogens (primary N) is 1. The lowest BCUT2D eigenvalue weighted by Crippen LogP contribution is -2.36. The van der Waals surface area contributed by atoms with Crippen LogP contribution in [0.3, 0.4) is 0 Å². The number of hydrogen-bond donors (Lipinski definition) is 3. The van der Waals surface area contributed by atoms with Crippen molar-refractivity contribution in [3.8, 4) is 6.07 Å². The lowest BCUT2D eigenvalue weighted by Gasteiger charge is -2.08. The van der Waals surface area contributed by atoms with Gasteiger partial charge in [-0.25, -0.2) is 10.8 Å². The van der Waals surface area contributed by atoms with Gasteiger partial charge in [0.2, 0.25) is 5.96 Å². The number of nitriles is 1. The molecule has 100 valence electrons. The van der Waals surface area contributed by atoms with Gasteiger partial charge in [-0.2, -0.15) is 5.26 Å². The van der Waals surface area contributed by atoms with Gasteiger partial charge in [0.15, 0.2) is 0 Å². The van der Waals surface area contributed by atoms with Gasteiger partial charge < -0.3 is 5.32 Å². The molecule has 0 spiro atoms. The molecule has 0 fully saturated rings. The van der Waals surface area contributed by atoms with Crippen LogP contribution in [-0.4, -0.2) is 5.96 Å². The van der Waals surface area contributed by atoms with Crippen molar-refractivity contribution >= 4 is 11.6 Å². The Morgan fingerprint density at radius 1 is 1.10 bits per heavy atom. The first-order valence-corrected chi connectivity index (χ1v) is 6.14. The van der Waals surface area contributed by atoms with Gasteiger partial charge in [0.05, 0.1) is 18.2 Å². The molecular formula is C15H15N5. The molecule has 5 nitrogen and oxygen atoms in total. The predicted molar refractivity (Wildman–Crippen MR) is 79.7 cm³/mol. The fourth-order valence-corrected chi connectivity index (χ4v) is 1.63. The Kier molecular flexibility index (Phi) is 4.70. The van der Waals surface area contributed by atoms with Crippen LogP contribution in [0.15, 0.2) is 59.6 Å². The number of benzene rings is 2. The van der Waals surface area contributed by atoms with Crippen molar-refractivity contribution in [2.24, 2.45) is 10.8 Å². The summed E-state index contributed by atoms with van der Waals surface area (Å²) >= 11 is 0. The summed E-state index contributed by atoms with van der Waals surface area (Å²) in [6.07, 6.45) is 0. The van der Waals surface area contributed by atoms with E-state index in [2.05, 4.69) is 21.8 Å². The smallest absolute Gasteiger partial charge is 0.210 e. The highest BCUT2D eigenvalue weighted by Crippen LogP contribution is 2.06. The molecule has 2 aromatic carbocycles. The summed E-state index contributed by atoms with van der Waals surface area (Å²) in [5.74, 6) is 5.93. The maximum absolute atomic E-state index is 8.73. The van der Waals surface area contributed by atoms with Crippen LogP contribution < -0.4 is 16.6 Å². The average Bonchev–Trinajstić information content (AvgIpc) is 2.53. The molecule has 0 bridgehead atoms. The van der Waals surface area contributed by atoms with Crippen molar-refractivity contribution in [1.29, 1.82) is 5.26 Å². The first-order chi connectivity index (χ1) is 9.81. The van der Waals surface area contributed by atoms with Crippen LogP contribution >= 0.6 is 0 Å². The summed E-state index contributed by atoms with van der Waals surface area (Å²) in [4.78, 5) is 4.35. The molecule has 0 aliphatic heterocycles. The summed E-state index contributed by atoms with van der Waals surface area (Å²) in [6, 6.07) is 19.0. The van der Waals surface area contributed by atoms with E-state index in [1.54, 1.807) is 12.1 Å². The lowest BCUT2D eigenvalue weighted by molar-refractivity contribution is 0.968. The molecule has 0 radical (unpaired) electrons. The van der Waals surface area contributed by atoms with Crippen molar-refractivity contribution in [3.05, 3.63) is 65.7 Å². The first kappa shape index (κ1) is 13.6. The van der Waals surface area contributed by atoms with E-state index in [1.807, 2.05) is 42.5 Å². The highest BCUT2D eigenvalue weighted by molar-refractivity contribution is 5.93. The molecular weight excluding hydrogens is 250 g/mol. The Bertz CT molecular complexity index is 611. The second-order valence-corrected chi connectivity index (χ2v) is 4.11. The van der Waals surface area contributed by atoms with Crippen molar-refractivity contribution in [2.75, 3.05) is 5.32 Å². The average molecular weight is 265 g/mol. The topological polar surface area (TPSA) is 86.2 Å². The fourth-order valence-electron chi connectivity index (χ4n) is 1.63. The quantitative estimate of drug-likeness (QED) is 0.343. The normalized spacial score (nSPS) is 10.7. The zero-order valence-electron chi connectivity index (χ0n) is 10.9. The standard InChI is InChI=1S/C15H15N5/c16-10-12-6-8-13(9-7-12)11-18-15(20-17)19-14-4-2-1-3-5-14/h1-9H,11,17H2,(H2,18,19,20). The zero-order valence-corrected chi connectivity index (χ0v) is 10.9. The maximum atomic E-state index is 8.73. The van der Waals surface area contributed by atoms with Crippen LogP contribution in [0, 0.1) is 11.3 Å². The highest BCUT2D eigenvalue weighted by atomic mass is 15.3. The number of rotatable bonds is 3. The second kappa shape index (κ2) is 6.92. The molecule has 2 aromatic rings. The molecule has 0 heterocycles. The maximum Gasteiger partial charge on any atom is 0.210 e. The van der Waals surface area contributed by atoms with Gasteiger partial charge in [-0.3, -0.25) is 5.43 Å². The molecule has 0 saturated heterocycles. The third-order valence-corrected chi connectivity index (χ3v) is 2.68. The summed E-state index contributed by atoms with van der Waals surface area (Å²) < 4.78 is 0. The van der Waals surface area contributed by atoms with Crippen molar-refractivity contribution in [2.45, 2.75) is 6.54 Å². The minimum atomic E-state index is 0.477. The number of aliphatic imine (C=N–C) groups is 1. The van der Waals surface area contributed by atoms with Crippen LogP contribution in [0.5, 0.6) is 0 Å². The van der Waals surface area contributed by atoms with Gasteiger partial charge in [-0.05, 0) is 29.8 Å². The van der Waals surface area contributed by atoms with E-state index in [1.165, 1.54) is 0 Å². The monoisotopic (exact) mass is 265 g/mol. The van der Waals surface area contributed by atoms with E-state index in [-0.39, 0.29) is 0 Å². The van der Waals surface area contributed by atoms with Crippen molar-refractivity contribution in [1.82, 2.24) is 5.43 Å². The molecule has 0 atom stereocenters. The Hall–Kier alpha value is -2.84. The second-order valence-electron chi connectivity index (χ2n) is 4.11. The molecule has 20 heavy (non-hydrogen) atoms. The van der Waals surface area contributed by atoms with Gasteiger partial charge in [-0.1, -0.05) is 30.3 Å². The van der Waals surface area contributed by atoms with Crippen LogP contribution in [0.2, 0.25) is 0 Å². The highest BCUT2D eigenvalue weighted by Gasteiger charge is 1.98. The van der Waals surface area contributed by atoms with E-state index in [0.717, 1.165) is 11.3 Å². The van der Waals surface area contributed by atoms with Gasteiger partial charge >= 0.3 is 0 Å².